The Balaban J connectivity index is 3.91. The number of halogens is 3. The van der Waals surface area contributed by atoms with E-state index >= 15 is 0 Å². The summed E-state index contributed by atoms with van der Waals surface area (Å²) in [4.78, 5) is 0. The second-order valence-electron chi connectivity index (χ2n) is 1.69. The summed E-state index contributed by atoms with van der Waals surface area (Å²) in [5.74, 6) is -4.34. The average Bonchev–Trinajstić information content (AvgIpc) is 1.89. The quantitative estimate of drug-likeness (QED) is 0.563. The maximum Gasteiger partial charge on any atom is 0.331 e. The van der Waals surface area contributed by atoms with Crippen molar-refractivity contribution in [1.82, 2.24) is 0 Å². The lowest BCUT2D eigenvalue weighted by atomic mass is 10.3. The molecule has 0 rings (SSSR count). The van der Waals surface area contributed by atoms with Gasteiger partial charge in [0.05, 0.1) is 6.61 Å². The minimum Gasteiger partial charge on any atom is -0.492 e. The van der Waals surface area contributed by atoms with E-state index < -0.39 is 18.4 Å². The van der Waals surface area contributed by atoms with Crippen molar-refractivity contribution in [2.24, 2.45) is 0 Å². The van der Waals surface area contributed by atoms with Crippen LogP contribution in [-0.4, -0.2) is 19.2 Å². The van der Waals surface area contributed by atoms with Gasteiger partial charge in [-0.3, -0.25) is 0 Å². The molecule has 0 N–H and O–H groups in total. The molecule has 0 saturated heterocycles. The first-order valence-electron chi connectivity index (χ1n) is 2.80. The van der Waals surface area contributed by atoms with Gasteiger partial charge in [-0.25, -0.2) is 4.39 Å². The number of hydrogen-bond donors (Lipinski definition) is 0. The first kappa shape index (κ1) is 9.33. The van der Waals surface area contributed by atoms with Crippen molar-refractivity contribution in [3.8, 4) is 0 Å². The summed E-state index contributed by atoms with van der Waals surface area (Å²) in [6.07, 6.45) is 0. The van der Waals surface area contributed by atoms with Crippen LogP contribution in [0.1, 0.15) is 6.92 Å². The van der Waals surface area contributed by atoms with Crippen LogP contribution in [0.5, 0.6) is 0 Å². The molecule has 4 heteroatoms. The first-order valence-corrected chi connectivity index (χ1v) is 2.80. The number of allylic oxidation sites excluding steroid dienone is 1. The topological polar surface area (TPSA) is 9.23 Å². The molecule has 0 radical (unpaired) electrons. The van der Waals surface area contributed by atoms with Crippen LogP contribution in [0.4, 0.5) is 13.2 Å². The zero-order valence-corrected chi connectivity index (χ0v) is 5.66. The van der Waals surface area contributed by atoms with E-state index in [1.165, 1.54) is 6.92 Å². The zero-order valence-electron chi connectivity index (χ0n) is 5.66. The predicted octanol–water partition coefficient (Wildman–Crippen LogP) is 2.14. The van der Waals surface area contributed by atoms with Gasteiger partial charge in [0.15, 0.2) is 12.4 Å². The Morgan fingerprint density at radius 2 is 2.10 bits per heavy atom. The van der Waals surface area contributed by atoms with Gasteiger partial charge in [0.25, 0.3) is 0 Å². The van der Waals surface area contributed by atoms with Gasteiger partial charge in [-0.05, 0) is 6.92 Å². The average molecular weight is 154 g/mol. The van der Waals surface area contributed by atoms with Gasteiger partial charge in [-0.2, -0.15) is 8.78 Å². The molecule has 0 atom stereocenters. The Morgan fingerprint density at radius 1 is 1.60 bits per heavy atom. The molecule has 0 aliphatic heterocycles. The summed E-state index contributed by atoms with van der Waals surface area (Å²) in [5.41, 5.74) is 0. The van der Waals surface area contributed by atoms with Gasteiger partial charge >= 0.3 is 5.92 Å². The molecule has 0 heterocycles. The molecular weight excluding hydrogens is 145 g/mol. The number of rotatable bonds is 4. The van der Waals surface area contributed by atoms with Crippen molar-refractivity contribution in [3.05, 3.63) is 12.3 Å². The number of ether oxygens (including phenoxy) is 1. The minimum absolute atomic E-state index is 0.0778. The molecule has 0 aliphatic rings. The third-order valence-electron chi connectivity index (χ3n) is 0.894. The maximum absolute atomic E-state index is 12.1. The fourth-order valence-electron chi connectivity index (χ4n) is 0.354. The van der Waals surface area contributed by atoms with Crippen molar-refractivity contribution < 1.29 is 17.9 Å². The van der Waals surface area contributed by atoms with Crippen LogP contribution < -0.4 is 0 Å². The number of alkyl halides is 3. The van der Waals surface area contributed by atoms with E-state index in [0.29, 0.717) is 0 Å². The summed E-state index contributed by atoms with van der Waals surface area (Å²) >= 11 is 0. The number of hydrogen-bond acceptors (Lipinski definition) is 1. The van der Waals surface area contributed by atoms with E-state index in [9.17, 15) is 13.2 Å². The highest BCUT2D eigenvalue weighted by atomic mass is 19.3. The first-order chi connectivity index (χ1) is 4.54. The maximum atomic E-state index is 12.1. The van der Waals surface area contributed by atoms with Crippen LogP contribution in [0.2, 0.25) is 0 Å². The molecule has 0 spiro atoms. The molecule has 0 aromatic heterocycles. The molecule has 10 heavy (non-hydrogen) atoms. The SMILES string of the molecule is C=C(OCC)C(F)(F)CF. The highest BCUT2D eigenvalue weighted by Gasteiger charge is 2.34. The summed E-state index contributed by atoms with van der Waals surface area (Å²) in [5, 5.41) is 0. The van der Waals surface area contributed by atoms with Crippen molar-refractivity contribution in [3.63, 3.8) is 0 Å². The van der Waals surface area contributed by atoms with Crippen molar-refractivity contribution in [1.29, 1.82) is 0 Å². The van der Waals surface area contributed by atoms with E-state index in [2.05, 4.69) is 11.3 Å². The normalized spacial score (nSPS) is 11.2. The largest absolute Gasteiger partial charge is 0.492 e. The van der Waals surface area contributed by atoms with Crippen LogP contribution in [0.3, 0.4) is 0 Å². The van der Waals surface area contributed by atoms with Crippen LogP contribution >= 0.6 is 0 Å². The Kier molecular flexibility index (Phi) is 3.25. The van der Waals surface area contributed by atoms with Crippen molar-refractivity contribution in [2.75, 3.05) is 13.3 Å². The molecule has 0 bridgehead atoms. The highest BCUT2D eigenvalue weighted by molar-refractivity contribution is 4.98. The molecule has 1 nitrogen and oxygen atoms in total. The van der Waals surface area contributed by atoms with Crippen LogP contribution in [0.25, 0.3) is 0 Å². The van der Waals surface area contributed by atoms with Gasteiger partial charge in [0.1, 0.15) is 0 Å². The van der Waals surface area contributed by atoms with E-state index in [1.807, 2.05) is 0 Å². The molecule has 60 valence electrons. The molecule has 0 aliphatic carbocycles. The van der Waals surface area contributed by atoms with Gasteiger partial charge in [0, 0.05) is 0 Å². The molecular formula is C6H9F3O. The third-order valence-corrected chi connectivity index (χ3v) is 0.894. The predicted molar refractivity (Wildman–Crippen MR) is 31.7 cm³/mol. The molecule has 0 amide bonds. The fraction of sp³-hybridized carbons (Fsp3) is 0.667. The summed E-state index contributed by atoms with van der Waals surface area (Å²) in [6.45, 7) is 2.72. The lowest BCUT2D eigenvalue weighted by Gasteiger charge is -2.14. The minimum atomic E-state index is -3.53. The molecule has 0 unspecified atom stereocenters. The van der Waals surface area contributed by atoms with Crippen LogP contribution in [-0.2, 0) is 4.74 Å². The van der Waals surface area contributed by atoms with E-state index in [1.54, 1.807) is 0 Å². The van der Waals surface area contributed by atoms with Gasteiger partial charge in [0.2, 0.25) is 0 Å². The Hall–Kier alpha value is -0.670. The third kappa shape index (κ3) is 2.29. The highest BCUT2D eigenvalue weighted by Crippen LogP contribution is 2.23. The van der Waals surface area contributed by atoms with E-state index in [-0.39, 0.29) is 6.61 Å². The lowest BCUT2D eigenvalue weighted by molar-refractivity contribution is -0.0368. The lowest BCUT2D eigenvalue weighted by Crippen LogP contribution is -2.23. The van der Waals surface area contributed by atoms with Gasteiger partial charge < -0.3 is 4.74 Å². The summed E-state index contributed by atoms with van der Waals surface area (Å²) in [7, 11) is 0. The van der Waals surface area contributed by atoms with Gasteiger partial charge in [-0.1, -0.05) is 6.58 Å². The Labute approximate surface area is 57.5 Å². The molecule has 0 saturated carbocycles. The monoisotopic (exact) mass is 154 g/mol. The Morgan fingerprint density at radius 3 is 2.40 bits per heavy atom. The van der Waals surface area contributed by atoms with Crippen LogP contribution in [0, 0.1) is 0 Å². The standard InChI is InChI=1S/C6H9F3O/c1-3-10-5(2)6(8,9)4-7/h2-4H2,1H3. The molecule has 0 aromatic carbocycles. The fourth-order valence-corrected chi connectivity index (χ4v) is 0.354. The summed E-state index contributed by atoms with van der Waals surface area (Å²) in [6, 6.07) is 0. The molecule has 0 fully saturated rings. The molecule has 0 aromatic rings. The summed E-state index contributed by atoms with van der Waals surface area (Å²) < 4.78 is 40.0. The second kappa shape index (κ2) is 3.49. The zero-order chi connectivity index (χ0) is 8.20. The van der Waals surface area contributed by atoms with Gasteiger partial charge in [-0.15, -0.1) is 0 Å². The van der Waals surface area contributed by atoms with E-state index in [4.69, 9.17) is 0 Å². The van der Waals surface area contributed by atoms with Crippen molar-refractivity contribution >= 4 is 0 Å². The van der Waals surface area contributed by atoms with E-state index in [0.717, 1.165) is 0 Å². The van der Waals surface area contributed by atoms with Crippen molar-refractivity contribution in [2.45, 2.75) is 12.8 Å². The second-order valence-corrected chi connectivity index (χ2v) is 1.69. The smallest absolute Gasteiger partial charge is 0.331 e. The Bertz CT molecular complexity index is 122. The van der Waals surface area contributed by atoms with Crippen LogP contribution in [0.15, 0.2) is 12.3 Å².